The fourth-order valence-corrected chi connectivity index (χ4v) is 5.71. The number of amides is 2. The number of carbonyl (C=O) groups excluding carboxylic acids is 2. The van der Waals surface area contributed by atoms with Crippen molar-refractivity contribution in [2.45, 2.75) is 45.1 Å². The van der Waals surface area contributed by atoms with Crippen LogP contribution in [0.4, 0.5) is 11.4 Å². The SMILES string of the molecule is COc1ccc(Br)c(C(=O)Nc2ccc3c(c2)C(C)(c2ccccc2)CC(C)(C)N3C(C)=O)c1. The minimum absolute atomic E-state index is 0.00143. The Hall–Kier alpha value is -3.12. The van der Waals surface area contributed by atoms with E-state index >= 15 is 0 Å². The van der Waals surface area contributed by atoms with Gasteiger partial charge >= 0.3 is 0 Å². The highest BCUT2D eigenvalue weighted by Crippen LogP contribution is 2.51. The van der Waals surface area contributed by atoms with Crippen molar-refractivity contribution in [1.29, 1.82) is 0 Å². The Labute approximate surface area is 209 Å². The summed E-state index contributed by atoms with van der Waals surface area (Å²) in [4.78, 5) is 27.7. The summed E-state index contributed by atoms with van der Waals surface area (Å²) in [5.41, 5.74) is 3.49. The molecule has 1 aliphatic rings. The number of carbonyl (C=O) groups is 2. The molecule has 0 radical (unpaired) electrons. The van der Waals surface area contributed by atoms with Crippen LogP contribution in [0.1, 0.15) is 55.6 Å². The quantitative estimate of drug-likeness (QED) is 0.424. The number of halogens is 1. The molecule has 0 aliphatic carbocycles. The van der Waals surface area contributed by atoms with Crippen LogP contribution in [0.2, 0.25) is 0 Å². The van der Waals surface area contributed by atoms with Crippen molar-refractivity contribution in [1.82, 2.24) is 0 Å². The second kappa shape index (κ2) is 8.91. The van der Waals surface area contributed by atoms with Crippen LogP contribution in [-0.2, 0) is 10.2 Å². The van der Waals surface area contributed by atoms with E-state index in [2.05, 4.69) is 54.2 Å². The summed E-state index contributed by atoms with van der Waals surface area (Å²) in [6.07, 6.45) is 0.745. The van der Waals surface area contributed by atoms with Crippen molar-refractivity contribution in [2.24, 2.45) is 0 Å². The molecule has 0 saturated heterocycles. The summed E-state index contributed by atoms with van der Waals surface area (Å²) >= 11 is 3.46. The first-order valence-electron chi connectivity index (χ1n) is 11.2. The van der Waals surface area contributed by atoms with Crippen molar-refractivity contribution in [3.8, 4) is 5.75 Å². The molecule has 1 atom stereocenters. The van der Waals surface area contributed by atoms with Crippen LogP contribution in [0.25, 0.3) is 0 Å². The maximum Gasteiger partial charge on any atom is 0.256 e. The Morgan fingerprint density at radius 2 is 1.71 bits per heavy atom. The number of nitrogens with zero attached hydrogens (tertiary/aromatic N) is 1. The van der Waals surface area contributed by atoms with Crippen molar-refractivity contribution < 1.29 is 14.3 Å². The van der Waals surface area contributed by atoms with Crippen LogP contribution in [0, 0.1) is 0 Å². The number of hydrogen-bond donors (Lipinski definition) is 1. The number of anilines is 2. The molecule has 5 nitrogen and oxygen atoms in total. The monoisotopic (exact) mass is 520 g/mol. The van der Waals surface area contributed by atoms with Crippen LogP contribution in [-0.4, -0.2) is 24.5 Å². The van der Waals surface area contributed by atoms with Gasteiger partial charge in [-0.3, -0.25) is 9.59 Å². The lowest BCUT2D eigenvalue weighted by Crippen LogP contribution is -2.55. The predicted molar refractivity (Wildman–Crippen MR) is 140 cm³/mol. The maximum absolute atomic E-state index is 13.1. The van der Waals surface area contributed by atoms with Crippen LogP contribution in [0.15, 0.2) is 71.2 Å². The van der Waals surface area contributed by atoms with Gasteiger partial charge in [0.2, 0.25) is 5.91 Å². The third-order valence-corrected chi connectivity index (χ3v) is 7.32. The van der Waals surface area contributed by atoms with Gasteiger partial charge < -0.3 is 15.0 Å². The number of nitrogens with one attached hydrogen (secondary N) is 1. The van der Waals surface area contributed by atoms with E-state index in [1.165, 1.54) is 5.56 Å². The molecule has 0 aromatic heterocycles. The van der Waals surface area contributed by atoms with Gasteiger partial charge in [0, 0.05) is 33.7 Å². The van der Waals surface area contributed by atoms with Crippen molar-refractivity contribution in [3.05, 3.63) is 87.9 Å². The predicted octanol–water partition coefficient (Wildman–Crippen LogP) is 6.55. The van der Waals surface area contributed by atoms with E-state index < -0.39 is 0 Å². The van der Waals surface area contributed by atoms with Crippen molar-refractivity contribution >= 4 is 39.1 Å². The summed E-state index contributed by atoms with van der Waals surface area (Å²) in [6.45, 7) is 8.03. The molecular formula is C28H29BrN2O3. The lowest BCUT2D eigenvalue weighted by Gasteiger charge is -2.51. The lowest BCUT2D eigenvalue weighted by atomic mass is 9.65. The highest BCUT2D eigenvalue weighted by Gasteiger charge is 2.47. The zero-order valence-electron chi connectivity index (χ0n) is 20.1. The average molecular weight is 521 g/mol. The number of ether oxygens (including phenoxy) is 1. The van der Waals surface area contributed by atoms with E-state index in [1.807, 2.05) is 41.3 Å². The van der Waals surface area contributed by atoms with E-state index in [-0.39, 0.29) is 22.8 Å². The molecule has 2 amide bonds. The molecule has 6 heteroatoms. The highest BCUT2D eigenvalue weighted by atomic mass is 79.9. The number of hydrogen-bond acceptors (Lipinski definition) is 3. The first-order valence-corrected chi connectivity index (χ1v) is 12.0. The van der Waals surface area contributed by atoms with Crippen molar-refractivity contribution in [3.63, 3.8) is 0 Å². The van der Waals surface area contributed by atoms with Gasteiger partial charge in [-0.05, 0) is 83.7 Å². The molecule has 1 heterocycles. The molecule has 0 fully saturated rings. The van der Waals surface area contributed by atoms with Gasteiger partial charge in [-0.1, -0.05) is 37.3 Å². The maximum atomic E-state index is 13.1. The molecular weight excluding hydrogens is 492 g/mol. The summed E-state index contributed by atoms with van der Waals surface area (Å²) in [5.74, 6) is 0.361. The number of rotatable bonds is 4. The fraction of sp³-hybridized carbons (Fsp3) is 0.286. The van der Waals surface area contributed by atoms with E-state index in [4.69, 9.17) is 4.74 Å². The minimum atomic E-state index is -0.375. The Bertz CT molecular complexity index is 1260. The van der Waals surface area contributed by atoms with Gasteiger partial charge in [-0.15, -0.1) is 0 Å². The second-order valence-corrected chi connectivity index (χ2v) is 10.4. The van der Waals surface area contributed by atoms with Crippen LogP contribution in [0.3, 0.4) is 0 Å². The van der Waals surface area contributed by atoms with Gasteiger partial charge in [0.05, 0.1) is 12.7 Å². The third kappa shape index (κ3) is 4.23. The minimum Gasteiger partial charge on any atom is -0.497 e. The van der Waals surface area contributed by atoms with E-state index in [9.17, 15) is 9.59 Å². The number of fused-ring (bicyclic) bond motifs is 1. The molecule has 0 bridgehead atoms. The van der Waals surface area contributed by atoms with Gasteiger partial charge in [0.15, 0.2) is 0 Å². The fourth-order valence-electron chi connectivity index (χ4n) is 5.28. The zero-order chi connectivity index (χ0) is 24.7. The Morgan fingerprint density at radius 1 is 1.00 bits per heavy atom. The molecule has 0 saturated carbocycles. The summed E-state index contributed by atoms with van der Waals surface area (Å²) in [5, 5.41) is 3.03. The molecule has 1 aliphatic heterocycles. The summed E-state index contributed by atoms with van der Waals surface area (Å²) < 4.78 is 5.96. The molecule has 4 rings (SSSR count). The average Bonchev–Trinajstić information content (AvgIpc) is 2.79. The standard InChI is InChI=1S/C28H29BrN2O3/c1-18(32)31-25-14-11-20(30-26(33)22-16-21(34-5)12-13-24(22)29)15-23(25)28(4,17-27(31,2)3)19-9-7-6-8-10-19/h6-16H,17H2,1-5H3,(H,30,33). The smallest absolute Gasteiger partial charge is 0.256 e. The topological polar surface area (TPSA) is 58.6 Å². The second-order valence-electron chi connectivity index (χ2n) is 9.57. The molecule has 3 aromatic carbocycles. The van der Waals surface area contributed by atoms with E-state index in [0.717, 1.165) is 17.7 Å². The zero-order valence-corrected chi connectivity index (χ0v) is 21.7. The third-order valence-electron chi connectivity index (χ3n) is 6.63. The van der Waals surface area contributed by atoms with Crippen LogP contribution >= 0.6 is 15.9 Å². The number of methoxy groups -OCH3 is 1. The van der Waals surface area contributed by atoms with Crippen LogP contribution in [0.5, 0.6) is 5.75 Å². The Kier molecular flexibility index (Phi) is 6.30. The lowest BCUT2D eigenvalue weighted by molar-refractivity contribution is -0.117. The number of benzene rings is 3. The molecule has 176 valence electrons. The normalized spacial score (nSPS) is 18.7. The van der Waals surface area contributed by atoms with Gasteiger partial charge in [0.1, 0.15) is 5.75 Å². The largest absolute Gasteiger partial charge is 0.497 e. The summed E-state index contributed by atoms with van der Waals surface area (Å²) in [7, 11) is 1.57. The highest BCUT2D eigenvalue weighted by molar-refractivity contribution is 9.10. The Balaban J connectivity index is 1.81. The molecule has 0 spiro atoms. The van der Waals surface area contributed by atoms with Crippen molar-refractivity contribution in [2.75, 3.05) is 17.3 Å². The Morgan fingerprint density at radius 3 is 2.35 bits per heavy atom. The first-order chi connectivity index (χ1) is 16.1. The first kappa shape index (κ1) is 24.0. The van der Waals surface area contributed by atoms with Gasteiger partial charge in [0.25, 0.3) is 5.91 Å². The van der Waals surface area contributed by atoms with E-state index in [0.29, 0.717) is 21.5 Å². The molecule has 1 N–H and O–H groups in total. The molecule has 3 aromatic rings. The summed E-state index contributed by atoms with van der Waals surface area (Å²) in [6, 6.07) is 21.4. The molecule has 34 heavy (non-hydrogen) atoms. The van der Waals surface area contributed by atoms with Gasteiger partial charge in [-0.25, -0.2) is 0 Å². The van der Waals surface area contributed by atoms with Crippen LogP contribution < -0.4 is 15.0 Å². The molecule has 1 unspecified atom stereocenters. The van der Waals surface area contributed by atoms with Gasteiger partial charge in [-0.2, -0.15) is 0 Å². The van der Waals surface area contributed by atoms with E-state index in [1.54, 1.807) is 32.2 Å².